The number of hydrogen-bond acceptors (Lipinski definition) is 3. The zero-order valence-electron chi connectivity index (χ0n) is 14.7. The molecular weight excluding hydrogens is 290 g/mol. The highest BCUT2D eigenvalue weighted by molar-refractivity contribution is 5.71. The summed E-state index contributed by atoms with van der Waals surface area (Å²) >= 11 is 0. The van der Waals surface area contributed by atoms with Crippen molar-refractivity contribution in [3.63, 3.8) is 0 Å². The van der Waals surface area contributed by atoms with Gasteiger partial charge in [-0.05, 0) is 62.9 Å². The Morgan fingerprint density at radius 2 is 1.96 bits per heavy atom. The van der Waals surface area contributed by atoms with Crippen molar-refractivity contribution in [2.24, 2.45) is 11.1 Å². The Balaban J connectivity index is 2.20. The molecule has 0 aromatic heterocycles. The molecule has 128 valence electrons. The first-order valence-corrected chi connectivity index (χ1v) is 8.17. The molecule has 1 aliphatic carbocycles. The van der Waals surface area contributed by atoms with Gasteiger partial charge in [0.2, 0.25) is 0 Å². The summed E-state index contributed by atoms with van der Waals surface area (Å²) in [6.45, 7) is 2.87. The highest BCUT2D eigenvalue weighted by Gasteiger charge is 2.43. The quantitative estimate of drug-likeness (QED) is 0.877. The number of urea groups is 1. The van der Waals surface area contributed by atoms with Gasteiger partial charge in [-0.15, -0.1) is 0 Å². The first-order chi connectivity index (χ1) is 10.8. The van der Waals surface area contributed by atoms with Gasteiger partial charge in [0, 0.05) is 12.1 Å². The van der Waals surface area contributed by atoms with E-state index < -0.39 is 6.03 Å². The first kappa shape index (κ1) is 17.6. The molecule has 1 aliphatic rings. The predicted molar refractivity (Wildman–Crippen MR) is 92.5 cm³/mol. The maximum atomic E-state index is 11.0. The molecule has 3 N–H and O–H groups in total. The van der Waals surface area contributed by atoms with E-state index in [0.717, 1.165) is 31.4 Å². The van der Waals surface area contributed by atoms with Crippen LogP contribution in [0.3, 0.4) is 0 Å². The SMILES string of the molecule is COc1cccc([C@]2(N(C)C)CC[C@](C)(CNC(N)=O)CC2)c1. The van der Waals surface area contributed by atoms with Crippen molar-refractivity contribution in [2.45, 2.75) is 38.1 Å². The average molecular weight is 319 g/mol. The van der Waals surface area contributed by atoms with Crippen molar-refractivity contribution >= 4 is 6.03 Å². The highest BCUT2D eigenvalue weighted by Crippen LogP contribution is 2.48. The van der Waals surface area contributed by atoms with Crippen LogP contribution < -0.4 is 15.8 Å². The van der Waals surface area contributed by atoms with Crippen molar-refractivity contribution < 1.29 is 9.53 Å². The van der Waals surface area contributed by atoms with E-state index in [1.54, 1.807) is 7.11 Å². The van der Waals surface area contributed by atoms with Crippen LogP contribution in [0.4, 0.5) is 4.79 Å². The second-order valence-corrected chi connectivity index (χ2v) is 7.19. The van der Waals surface area contributed by atoms with Crippen LogP contribution in [0, 0.1) is 5.41 Å². The molecule has 0 saturated heterocycles. The fraction of sp³-hybridized carbons (Fsp3) is 0.611. The molecule has 0 unspecified atom stereocenters. The summed E-state index contributed by atoms with van der Waals surface area (Å²) < 4.78 is 5.40. The lowest BCUT2D eigenvalue weighted by molar-refractivity contribution is 0.0435. The lowest BCUT2D eigenvalue weighted by Crippen LogP contribution is -2.49. The fourth-order valence-corrected chi connectivity index (χ4v) is 3.65. The van der Waals surface area contributed by atoms with Crippen LogP contribution in [0.25, 0.3) is 0 Å². The number of nitrogens with two attached hydrogens (primary N) is 1. The van der Waals surface area contributed by atoms with E-state index in [2.05, 4.69) is 49.4 Å². The van der Waals surface area contributed by atoms with Crippen LogP contribution in [0.1, 0.15) is 38.2 Å². The van der Waals surface area contributed by atoms with Crippen LogP contribution in [-0.2, 0) is 5.54 Å². The molecule has 1 fully saturated rings. The van der Waals surface area contributed by atoms with Crippen molar-refractivity contribution in [1.82, 2.24) is 10.2 Å². The molecule has 0 atom stereocenters. The molecule has 1 aromatic carbocycles. The number of carbonyl (C=O) groups is 1. The number of primary amides is 1. The summed E-state index contributed by atoms with van der Waals surface area (Å²) in [5.74, 6) is 0.896. The van der Waals surface area contributed by atoms with Gasteiger partial charge in [0.15, 0.2) is 0 Å². The number of nitrogens with zero attached hydrogens (tertiary/aromatic N) is 1. The third kappa shape index (κ3) is 3.78. The van der Waals surface area contributed by atoms with E-state index in [0.29, 0.717) is 6.54 Å². The molecule has 0 heterocycles. The van der Waals surface area contributed by atoms with Crippen LogP contribution in [0.15, 0.2) is 24.3 Å². The summed E-state index contributed by atoms with van der Waals surface area (Å²) in [6.07, 6.45) is 4.18. The normalized spacial score (nSPS) is 27.7. The van der Waals surface area contributed by atoms with Gasteiger partial charge in [-0.25, -0.2) is 4.79 Å². The molecule has 0 spiro atoms. The van der Waals surface area contributed by atoms with E-state index in [4.69, 9.17) is 10.5 Å². The maximum Gasteiger partial charge on any atom is 0.312 e. The van der Waals surface area contributed by atoms with E-state index in [9.17, 15) is 4.79 Å². The van der Waals surface area contributed by atoms with Crippen LogP contribution in [0.5, 0.6) is 5.75 Å². The van der Waals surface area contributed by atoms with Crippen LogP contribution in [0.2, 0.25) is 0 Å². The number of ether oxygens (including phenoxy) is 1. The monoisotopic (exact) mass is 319 g/mol. The minimum atomic E-state index is -0.441. The van der Waals surface area contributed by atoms with Gasteiger partial charge in [0.05, 0.1) is 7.11 Å². The zero-order chi connectivity index (χ0) is 17.1. The topological polar surface area (TPSA) is 67.6 Å². The predicted octanol–water partition coefficient (Wildman–Crippen LogP) is 2.70. The molecule has 5 nitrogen and oxygen atoms in total. The Hall–Kier alpha value is -1.75. The molecular formula is C18H29N3O2. The maximum absolute atomic E-state index is 11.0. The molecule has 0 aliphatic heterocycles. The number of methoxy groups -OCH3 is 1. The molecule has 5 heteroatoms. The molecule has 23 heavy (non-hydrogen) atoms. The van der Waals surface area contributed by atoms with E-state index in [1.165, 1.54) is 5.56 Å². The van der Waals surface area contributed by atoms with Crippen molar-refractivity contribution in [3.8, 4) is 5.75 Å². The van der Waals surface area contributed by atoms with E-state index >= 15 is 0 Å². The summed E-state index contributed by atoms with van der Waals surface area (Å²) in [4.78, 5) is 13.3. The molecule has 1 aromatic rings. The molecule has 0 radical (unpaired) electrons. The highest BCUT2D eigenvalue weighted by atomic mass is 16.5. The van der Waals surface area contributed by atoms with E-state index in [1.807, 2.05) is 6.07 Å². The molecule has 2 rings (SSSR count). The summed E-state index contributed by atoms with van der Waals surface area (Å²) in [6, 6.07) is 7.93. The minimum absolute atomic E-state index is 0.0147. The third-order valence-electron chi connectivity index (χ3n) is 5.44. The van der Waals surface area contributed by atoms with Gasteiger partial charge in [0.25, 0.3) is 0 Å². The van der Waals surface area contributed by atoms with Crippen molar-refractivity contribution in [1.29, 1.82) is 0 Å². The Bertz CT molecular complexity index is 549. The standard InChI is InChI=1S/C18H29N3O2/c1-17(13-20-16(19)22)8-10-18(11-9-17,21(2)3)14-6-5-7-15(12-14)23-4/h5-7,12H,8-11,13H2,1-4H3,(H3,19,20,22)/t17-,18-. The molecule has 0 bridgehead atoms. The molecule has 2 amide bonds. The molecule has 1 saturated carbocycles. The second kappa shape index (κ2) is 6.79. The van der Waals surface area contributed by atoms with Crippen molar-refractivity contribution in [3.05, 3.63) is 29.8 Å². The summed E-state index contributed by atoms with van der Waals surface area (Å²) in [7, 11) is 5.99. The number of rotatable bonds is 5. The largest absolute Gasteiger partial charge is 0.497 e. The van der Waals surface area contributed by atoms with Crippen molar-refractivity contribution in [2.75, 3.05) is 27.7 Å². The number of nitrogens with one attached hydrogen (secondary N) is 1. The smallest absolute Gasteiger partial charge is 0.312 e. The van der Waals surface area contributed by atoms with Crippen LogP contribution >= 0.6 is 0 Å². The minimum Gasteiger partial charge on any atom is -0.497 e. The lowest BCUT2D eigenvalue weighted by atomic mass is 9.65. The Labute approximate surface area is 139 Å². The third-order valence-corrected chi connectivity index (χ3v) is 5.44. The van der Waals surface area contributed by atoms with Gasteiger partial charge >= 0.3 is 6.03 Å². The van der Waals surface area contributed by atoms with Gasteiger partial charge in [-0.2, -0.15) is 0 Å². The van der Waals surface area contributed by atoms with Gasteiger partial charge in [-0.3, -0.25) is 4.90 Å². The van der Waals surface area contributed by atoms with E-state index in [-0.39, 0.29) is 11.0 Å². The summed E-state index contributed by atoms with van der Waals surface area (Å²) in [5.41, 5.74) is 6.64. The van der Waals surface area contributed by atoms with Gasteiger partial charge in [0.1, 0.15) is 5.75 Å². The number of carbonyl (C=O) groups excluding carboxylic acids is 1. The summed E-state index contributed by atoms with van der Waals surface area (Å²) in [5, 5.41) is 2.78. The second-order valence-electron chi connectivity index (χ2n) is 7.19. The Morgan fingerprint density at radius 1 is 1.30 bits per heavy atom. The lowest BCUT2D eigenvalue weighted by Gasteiger charge is -2.49. The first-order valence-electron chi connectivity index (χ1n) is 8.17. The fourth-order valence-electron chi connectivity index (χ4n) is 3.65. The van der Waals surface area contributed by atoms with Crippen LogP contribution in [-0.4, -0.2) is 38.7 Å². The van der Waals surface area contributed by atoms with Gasteiger partial charge < -0.3 is 15.8 Å². The zero-order valence-corrected chi connectivity index (χ0v) is 14.7. The average Bonchev–Trinajstić information content (AvgIpc) is 2.54. The van der Waals surface area contributed by atoms with Gasteiger partial charge in [-0.1, -0.05) is 19.1 Å². The number of hydrogen-bond donors (Lipinski definition) is 2. The Kier molecular flexibility index (Phi) is 5.19. The number of amides is 2. The Morgan fingerprint density at radius 3 is 2.48 bits per heavy atom. The number of benzene rings is 1.